The Balaban J connectivity index is 1.28. The molecule has 1 saturated carbocycles. The predicted molar refractivity (Wildman–Crippen MR) is 119 cm³/mol. The molecule has 0 unspecified atom stereocenters. The monoisotopic (exact) mass is 436 g/mol. The molecule has 168 valence electrons. The molecule has 3 N–H and O–H groups in total. The second kappa shape index (κ2) is 9.42. The molecule has 0 aliphatic heterocycles. The average molecular weight is 437 g/mol. The van der Waals surface area contributed by atoms with Gasteiger partial charge < -0.3 is 20.5 Å². The SMILES string of the molecule is C[C@@H](NC(=O)OCC1c2ccccc2-c2ccccc21)C(=O)NC1CCC(C(=O)O)CC1. The van der Waals surface area contributed by atoms with E-state index in [-0.39, 0.29) is 30.4 Å². The van der Waals surface area contributed by atoms with E-state index in [1.165, 1.54) is 0 Å². The van der Waals surface area contributed by atoms with Crippen LogP contribution in [0.4, 0.5) is 4.79 Å². The van der Waals surface area contributed by atoms with Crippen LogP contribution < -0.4 is 10.6 Å². The van der Waals surface area contributed by atoms with Crippen molar-refractivity contribution in [1.82, 2.24) is 10.6 Å². The van der Waals surface area contributed by atoms with E-state index in [0.717, 1.165) is 22.3 Å². The van der Waals surface area contributed by atoms with Gasteiger partial charge in [0.1, 0.15) is 12.6 Å². The second-order valence-electron chi connectivity index (χ2n) is 8.59. The minimum atomic E-state index is -0.778. The van der Waals surface area contributed by atoms with Crippen LogP contribution in [0.25, 0.3) is 11.1 Å². The summed E-state index contributed by atoms with van der Waals surface area (Å²) in [5.74, 6) is -1.45. The molecule has 2 aromatic rings. The van der Waals surface area contributed by atoms with Gasteiger partial charge in [0.25, 0.3) is 0 Å². The fourth-order valence-electron chi connectivity index (χ4n) is 4.69. The Kier molecular flexibility index (Phi) is 6.44. The van der Waals surface area contributed by atoms with Gasteiger partial charge in [-0.25, -0.2) is 4.79 Å². The fourth-order valence-corrected chi connectivity index (χ4v) is 4.69. The zero-order valence-corrected chi connectivity index (χ0v) is 18.0. The molecule has 1 atom stereocenters. The normalized spacial score (nSPS) is 20.5. The molecular weight excluding hydrogens is 408 g/mol. The highest BCUT2D eigenvalue weighted by Crippen LogP contribution is 2.44. The van der Waals surface area contributed by atoms with Crippen molar-refractivity contribution >= 4 is 18.0 Å². The summed E-state index contributed by atoms with van der Waals surface area (Å²) in [4.78, 5) is 35.9. The maximum atomic E-state index is 12.5. The van der Waals surface area contributed by atoms with Crippen molar-refractivity contribution in [3.63, 3.8) is 0 Å². The fraction of sp³-hybridized carbons (Fsp3) is 0.400. The Morgan fingerprint density at radius 2 is 1.53 bits per heavy atom. The van der Waals surface area contributed by atoms with Crippen LogP contribution in [-0.2, 0) is 14.3 Å². The zero-order valence-electron chi connectivity index (χ0n) is 18.0. The first-order valence-electron chi connectivity index (χ1n) is 11.1. The van der Waals surface area contributed by atoms with Gasteiger partial charge in [-0.15, -0.1) is 0 Å². The number of ether oxygens (including phenoxy) is 1. The van der Waals surface area contributed by atoms with Crippen LogP contribution in [0.3, 0.4) is 0 Å². The van der Waals surface area contributed by atoms with Gasteiger partial charge in [0.05, 0.1) is 5.92 Å². The number of carboxylic acid groups (broad SMARTS) is 1. The lowest BCUT2D eigenvalue weighted by Crippen LogP contribution is -2.49. The van der Waals surface area contributed by atoms with E-state index in [1.807, 2.05) is 24.3 Å². The van der Waals surface area contributed by atoms with Crippen molar-refractivity contribution in [3.05, 3.63) is 59.7 Å². The number of alkyl carbamates (subject to hydrolysis) is 1. The summed E-state index contributed by atoms with van der Waals surface area (Å²) < 4.78 is 5.50. The summed E-state index contributed by atoms with van der Waals surface area (Å²) in [5.41, 5.74) is 4.57. The molecule has 0 saturated heterocycles. The van der Waals surface area contributed by atoms with E-state index in [1.54, 1.807) is 6.92 Å². The van der Waals surface area contributed by atoms with Crippen molar-refractivity contribution in [2.45, 2.75) is 50.6 Å². The largest absolute Gasteiger partial charge is 0.481 e. The summed E-state index contributed by atoms with van der Waals surface area (Å²) in [6.45, 7) is 1.80. The van der Waals surface area contributed by atoms with E-state index < -0.39 is 18.1 Å². The predicted octanol–water partition coefficient (Wildman–Crippen LogP) is 3.67. The zero-order chi connectivity index (χ0) is 22.7. The highest BCUT2D eigenvalue weighted by Gasteiger charge is 2.30. The van der Waals surface area contributed by atoms with E-state index >= 15 is 0 Å². The summed E-state index contributed by atoms with van der Waals surface area (Å²) >= 11 is 0. The van der Waals surface area contributed by atoms with Gasteiger partial charge >= 0.3 is 12.1 Å². The van der Waals surface area contributed by atoms with Crippen molar-refractivity contribution < 1.29 is 24.2 Å². The third kappa shape index (κ3) is 4.61. The van der Waals surface area contributed by atoms with Gasteiger partial charge in [0.2, 0.25) is 5.91 Å². The lowest BCUT2D eigenvalue weighted by atomic mass is 9.86. The highest BCUT2D eigenvalue weighted by molar-refractivity contribution is 5.85. The first-order chi connectivity index (χ1) is 15.4. The Bertz CT molecular complexity index is 967. The van der Waals surface area contributed by atoms with Gasteiger partial charge in [0.15, 0.2) is 0 Å². The van der Waals surface area contributed by atoms with Crippen LogP contribution in [0.2, 0.25) is 0 Å². The van der Waals surface area contributed by atoms with Gasteiger partial charge in [-0.05, 0) is 54.9 Å². The van der Waals surface area contributed by atoms with Gasteiger partial charge in [0, 0.05) is 12.0 Å². The Hall–Kier alpha value is -3.35. The molecule has 0 heterocycles. The van der Waals surface area contributed by atoms with E-state index in [2.05, 4.69) is 34.9 Å². The van der Waals surface area contributed by atoms with E-state index in [9.17, 15) is 14.4 Å². The molecule has 0 aromatic heterocycles. The van der Waals surface area contributed by atoms with Crippen molar-refractivity contribution in [1.29, 1.82) is 0 Å². The van der Waals surface area contributed by atoms with Crippen LogP contribution in [0.1, 0.15) is 49.7 Å². The standard InChI is InChI=1S/C25H28N2O5/c1-15(23(28)27-17-12-10-16(11-13-17)24(29)30)26-25(31)32-14-22-20-8-4-2-6-18(20)19-7-3-5-9-21(19)22/h2-9,15-17,22H,10-14H2,1H3,(H,26,31)(H,27,28)(H,29,30)/t15-,16?,17?/m1/s1. The van der Waals surface area contributed by atoms with Crippen LogP contribution in [0.5, 0.6) is 0 Å². The average Bonchev–Trinajstić information content (AvgIpc) is 3.12. The molecule has 4 rings (SSSR count). The molecule has 1 fully saturated rings. The maximum absolute atomic E-state index is 12.5. The quantitative estimate of drug-likeness (QED) is 0.641. The van der Waals surface area contributed by atoms with Crippen molar-refractivity contribution in [3.8, 4) is 11.1 Å². The second-order valence-corrected chi connectivity index (χ2v) is 8.59. The Morgan fingerprint density at radius 3 is 2.09 bits per heavy atom. The van der Waals surface area contributed by atoms with Crippen molar-refractivity contribution in [2.75, 3.05) is 6.61 Å². The minimum Gasteiger partial charge on any atom is -0.481 e. The molecule has 2 aliphatic carbocycles. The molecule has 7 nitrogen and oxygen atoms in total. The highest BCUT2D eigenvalue weighted by atomic mass is 16.5. The van der Waals surface area contributed by atoms with Crippen LogP contribution >= 0.6 is 0 Å². The number of carbonyl (C=O) groups excluding carboxylic acids is 2. The summed E-state index contributed by atoms with van der Waals surface area (Å²) in [7, 11) is 0. The molecule has 0 bridgehead atoms. The lowest BCUT2D eigenvalue weighted by Gasteiger charge is -2.28. The van der Waals surface area contributed by atoms with Gasteiger partial charge in [-0.1, -0.05) is 48.5 Å². The first-order valence-corrected chi connectivity index (χ1v) is 11.1. The maximum Gasteiger partial charge on any atom is 0.407 e. The van der Waals surface area contributed by atoms with E-state index in [4.69, 9.17) is 9.84 Å². The summed E-state index contributed by atoms with van der Waals surface area (Å²) in [6.07, 6.45) is 1.72. The lowest BCUT2D eigenvalue weighted by molar-refractivity contribution is -0.142. The molecule has 2 aliphatic rings. The number of nitrogens with one attached hydrogen (secondary N) is 2. The van der Waals surface area contributed by atoms with Crippen molar-refractivity contribution in [2.24, 2.45) is 5.92 Å². The third-order valence-electron chi connectivity index (χ3n) is 6.49. The molecule has 7 heteroatoms. The number of fused-ring (bicyclic) bond motifs is 3. The number of hydrogen-bond acceptors (Lipinski definition) is 4. The number of rotatable bonds is 6. The third-order valence-corrected chi connectivity index (χ3v) is 6.49. The molecule has 2 aromatic carbocycles. The molecule has 0 radical (unpaired) electrons. The van der Waals surface area contributed by atoms with Crippen LogP contribution in [0.15, 0.2) is 48.5 Å². The van der Waals surface area contributed by atoms with Crippen LogP contribution in [0, 0.1) is 5.92 Å². The smallest absolute Gasteiger partial charge is 0.407 e. The van der Waals surface area contributed by atoms with Gasteiger partial charge in [-0.3, -0.25) is 9.59 Å². The number of carbonyl (C=O) groups is 3. The van der Waals surface area contributed by atoms with E-state index in [0.29, 0.717) is 25.7 Å². The molecule has 0 spiro atoms. The number of carboxylic acids is 1. The summed E-state index contributed by atoms with van der Waals surface area (Å²) in [6, 6.07) is 15.4. The molecule has 32 heavy (non-hydrogen) atoms. The molecule has 2 amide bonds. The molecular formula is C25H28N2O5. The number of aliphatic carboxylic acids is 1. The van der Waals surface area contributed by atoms with Crippen LogP contribution in [-0.4, -0.2) is 41.8 Å². The number of amides is 2. The number of benzene rings is 2. The minimum absolute atomic E-state index is 0.0401. The topological polar surface area (TPSA) is 105 Å². The number of hydrogen-bond donors (Lipinski definition) is 3. The summed E-state index contributed by atoms with van der Waals surface area (Å²) in [5, 5.41) is 14.6. The Labute approximate surface area is 187 Å². The first kappa shape index (κ1) is 21.9. The van der Waals surface area contributed by atoms with Gasteiger partial charge in [-0.2, -0.15) is 0 Å². The Morgan fingerprint density at radius 1 is 0.969 bits per heavy atom.